The minimum atomic E-state index is -0.308. The number of hydrogen-bond donors (Lipinski definition) is 1. The second kappa shape index (κ2) is 11.0. The van der Waals surface area contributed by atoms with Gasteiger partial charge in [0, 0.05) is 56.4 Å². The van der Waals surface area contributed by atoms with Gasteiger partial charge in [0.1, 0.15) is 29.3 Å². The summed E-state index contributed by atoms with van der Waals surface area (Å²) in [7, 11) is 0. The number of aromatic nitrogens is 6. The predicted octanol–water partition coefficient (Wildman–Crippen LogP) is 4.98. The lowest BCUT2D eigenvalue weighted by atomic mass is 10.1. The molecule has 7 rings (SSSR count). The summed E-state index contributed by atoms with van der Waals surface area (Å²) in [4.78, 5) is 27.3. The van der Waals surface area contributed by atoms with E-state index >= 15 is 0 Å². The number of piperazine rings is 1. The monoisotopic (exact) mass is 557 g/mol. The van der Waals surface area contributed by atoms with Gasteiger partial charge in [-0.3, -0.25) is 9.47 Å². The van der Waals surface area contributed by atoms with Gasteiger partial charge in [-0.1, -0.05) is 24.3 Å². The molecule has 4 aromatic heterocycles. The van der Waals surface area contributed by atoms with Crippen molar-refractivity contribution in [2.75, 3.05) is 36.8 Å². The number of nitrogens with zero attached hydrogens (tertiary/aromatic N) is 8. The molecule has 0 unspecified atom stereocenters. The van der Waals surface area contributed by atoms with E-state index in [1.54, 1.807) is 24.8 Å². The van der Waals surface area contributed by atoms with E-state index < -0.39 is 0 Å². The van der Waals surface area contributed by atoms with Crippen LogP contribution >= 0.6 is 0 Å². The zero-order chi connectivity index (χ0) is 28.5. The number of imidazole rings is 1. The third kappa shape index (κ3) is 5.04. The minimum absolute atomic E-state index is 0.308. The summed E-state index contributed by atoms with van der Waals surface area (Å²) in [5.41, 5.74) is 11.8. The summed E-state index contributed by atoms with van der Waals surface area (Å²) < 4.78 is 16.0. The number of rotatable bonds is 6. The first-order valence-corrected chi connectivity index (χ1v) is 13.8. The van der Waals surface area contributed by atoms with E-state index in [0.717, 1.165) is 44.2 Å². The van der Waals surface area contributed by atoms with Crippen molar-refractivity contribution in [1.29, 1.82) is 0 Å². The fraction of sp³-hybridized carbons (Fsp3) is 0.156. The van der Waals surface area contributed by atoms with Gasteiger partial charge < -0.3 is 10.6 Å². The molecule has 10 heteroatoms. The van der Waals surface area contributed by atoms with Gasteiger partial charge >= 0.3 is 0 Å². The molecular formula is C32H28FN9. The van der Waals surface area contributed by atoms with E-state index in [2.05, 4.69) is 49.0 Å². The van der Waals surface area contributed by atoms with Crippen molar-refractivity contribution in [3.05, 3.63) is 109 Å². The van der Waals surface area contributed by atoms with Gasteiger partial charge in [-0.05, 0) is 60.2 Å². The highest BCUT2D eigenvalue weighted by Crippen LogP contribution is 2.32. The quantitative estimate of drug-likeness (QED) is 0.306. The van der Waals surface area contributed by atoms with Gasteiger partial charge in [0.25, 0.3) is 0 Å². The first-order valence-electron chi connectivity index (χ1n) is 13.8. The molecule has 0 aliphatic carbocycles. The molecule has 6 aromatic rings. The maximum Gasteiger partial charge on any atom is 0.165 e. The van der Waals surface area contributed by atoms with Crippen LogP contribution in [0.25, 0.3) is 39.5 Å². The Morgan fingerprint density at radius 1 is 0.810 bits per heavy atom. The number of hydrogen-bond acceptors (Lipinski definition) is 8. The van der Waals surface area contributed by atoms with Crippen molar-refractivity contribution < 1.29 is 4.39 Å². The molecule has 42 heavy (non-hydrogen) atoms. The second-order valence-electron chi connectivity index (χ2n) is 10.3. The summed E-state index contributed by atoms with van der Waals surface area (Å²) in [5.74, 6) is 1.70. The highest BCUT2D eigenvalue weighted by Gasteiger charge is 2.20. The zero-order valence-electron chi connectivity index (χ0n) is 22.8. The predicted molar refractivity (Wildman–Crippen MR) is 161 cm³/mol. The van der Waals surface area contributed by atoms with E-state index in [1.165, 1.54) is 17.7 Å². The highest BCUT2D eigenvalue weighted by molar-refractivity contribution is 5.84. The topological polar surface area (TPSA) is 102 Å². The van der Waals surface area contributed by atoms with Gasteiger partial charge in [-0.25, -0.2) is 29.3 Å². The fourth-order valence-corrected chi connectivity index (χ4v) is 5.41. The van der Waals surface area contributed by atoms with Crippen molar-refractivity contribution in [1.82, 2.24) is 34.4 Å². The largest absolute Gasteiger partial charge is 0.383 e. The van der Waals surface area contributed by atoms with Crippen LogP contribution in [0.5, 0.6) is 0 Å². The van der Waals surface area contributed by atoms with Crippen LogP contribution in [0.1, 0.15) is 5.56 Å². The Morgan fingerprint density at radius 2 is 1.67 bits per heavy atom. The standard InChI is InChI=1S/C32H28FN9/c33-24-4-1-3-23(19-24)27-10-11-28-32(38-27)42(31(39-28)26-5-2-13-36-30(26)34)25-8-6-22(7-9-25)20-40-15-17-41(18-16-40)29-12-14-35-21-37-29/h1-14,19,21H,15-18,20H2,(H2,34,36). The molecule has 2 N–H and O–H groups in total. The van der Waals surface area contributed by atoms with Crippen LogP contribution in [-0.2, 0) is 6.54 Å². The van der Waals surface area contributed by atoms with Crippen molar-refractivity contribution in [3.8, 4) is 28.3 Å². The number of benzene rings is 2. The third-order valence-electron chi connectivity index (χ3n) is 7.57. The summed E-state index contributed by atoms with van der Waals surface area (Å²) in [6, 6.07) is 24.4. The molecule has 0 atom stereocenters. The summed E-state index contributed by atoms with van der Waals surface area (Å²) >= 11 is 0. The molecule has 0 radical (unpaired) electrons. The minimum Gasteiger partial charge on any atom is -0.383 e. The van der Waals surface area contributed by atoms with E-state index in [1.807, 2.05) is 41.0 Å². The molecule has 9 nitrogen and oxygen atoms in total. The van der Waals surface area contributed by atoms with Crippen LogP contribution in [0.2, 0.25) is 0 Å². The van der Waals surface area contributed by atoms with Crippen molar-refractivity contribution in [3.63, 3.8) is 0 Å². The van der Waals surface area contributed by atoms with Crippen LogP contribution in [0, 0.1) is 5.82 Å². The second-order valence-corrected chi connectivity index (χ2v) is 10.3. The number of nitrogen functional groups attached to an aromatic ring is 1. The van der Waals surface area contributed by atoms with Crippen molar-refractivity contribution in [2.24, 2.45) is 0 Å². The Labute approximate surface area is 242 Å². The summed E-state index contributed by atoms with van der Waals surface area (Å²) in [5, 5.41) is 0. The average Bonchev–Trinajstić information content (AvgIpc) is 3.41. The lowest BCUT2D eigenvalue weighted by Crippen LogP contribution is -2.46. The molecular weight excluding hydrogens is 529 g/mol. The van der Waals surface area contributed by atoms with Crippen LogP contribution < -0.4 is 10.6 Å². The number of fused-ring (bicyclic) bond motifs is 1. The van der Waals surface area contributed by atoms with Gasteiger partial charge in [0.15, 0.2) is 11.5 Å². The van der Waals surface area contributed by atoms with Gasteiger partial charge in [-0.2, -0.15) is 0 Å². The van der Waals surface area contributed by atoms with E-state index in [0.29, 0.717) is 39.6 Å². The molecule has 1 fully saturated rings. The lowest BCUT2D eigenvalue weighted by Gasteiger charge is -2.35. The Morgan fingerprint density at radius 3 is 2.43 bits per heavy atom. The molecule has 0 bridgehead atoms. The third-order valence-corrected chi connectivity index (χ3v) is 7.57. The number of halogens is 1. The number of anilines is 2. The maximum atomic E-state index is 14.0. The van der Waals surface area contributed by atoms with Crippen molar-refractivity contribution >= 4 is 22.8 Å². The maximum absolute atomic E-state index is 14.0. The lowest BCUT2D eigenvalue weighted by molar-refractivity contribution is 0.249. The Bertz CT molecular complexity index is 1850. The zero-order valence-corrected chi connectivity index (χ0v) is 22.8. The molecule has 0 saturated carbocycles. The summed E-state index contributed by atoms with van der Waals surface area (Å²) in [6.07, 6.45) is 5.04. The molecule has 1 saturated heterocycles. The first kappa shape index (κ1) is 25.7. The smallest absolute Gasteiger partial charge is 0.165 e. The normalized spacial score (nSPS) is 14.0. The summed E-state index contributed by atoms with van der Waals surface area (Å²) in [6.45, 7) is 4.61. The number of pyridine rings is 2. The van der Waals surface area contributed by atoms with Gasteiger partial charge in [0.05, 0.1) is 11.3 Å². The molecule has 0 spiro atoms. The van der Waals surface area contributed by atoms with Gasteiger partial charge in [0.2, 0.25) is 0 Å². The fourth-order valence-electron chi connectivity index (χ4n) is 5.41. The van der Waals surface area contributed by atoms with Crippen LogP contribution in [0.15, 0.2) is 97.6 Å². The Balaban J connectivity index is 1.20. The average molecular weight is 558 g/mol. The van der Waals surface area contributed by atoms with Crippen molar-refractivity contribution in [2.45, 2.75) is 6.54 Å². The van der Waals surface area contributed by atoms with Crippen LogP contribution in [0.4, 0.5) is 16.0 Å². The Kier molecular flexibility index (Phi) is 6.73. The molecule has 2 aromatic carbocycles. The molecule has 0 amide bonds. The molecule has 208 valence electrons. The van der Waals surface area contributed by atoms with E-state index in [4.69, 9.17) is 15.7 Å². The molecule has 5 heterocycles. The number of nitrogens with two attached hydrogens (primary N) is 1. The molecule has 1 aliphatic rings. The van der Waals surface area contributed by atoms with E-state index in [9.17, 15) is 4.39 Å². The van der Waals surface area contributed by atoms with Crippen LogP contribution in [0.3, 0.4) is 0 Å². The van der Waals surface area contributed by atoms with E-state index in [-0.39, 0.29) is 5.82 Å². The SMILES string of the molecule is Nc1ncccc1-c1nc2ccc(-c3cccc(F)c3)nc2n1-c1ccc(CN2CCN(c3ccncn3)CC2)cc1. The Hall–Kier alpha value is -5.22. The highest BCUT2D eigenvalue weighted by atomic mass is 19.1. The first-order chi connectivity index (χ1) is 20.6. The van der Waals surface area contributed by atoms with Gasteiger partial charge in [-0.15, -0.1) is 0 Å². The van der Waals surface area contributed by atoms with Crippen LogP contribution in [-0.4, -0.2) is 60.6 Å². The molecule has 1 aliphatic heterocycles.